The molecule has 0 radical (unpaired) electrons. The summed E-state index contributed by atoms with van der Waals surface area (Å²) in [6.45, 7) is 2.04. The summed E-state index contributed by atoms with van der Waals surface area (Å²) < 4.78 is 85.1. The van der Waals surface area contributed by atoms with Crippen molar-refractivity contribution in [3.8, 4) is 22.3 Å². The molecular weight excluding hydrogens is 414 g/mol. The lowest BCUT2D eigenvalue weighted by atomic mass is 9.95. The maximum Gasteiger partial charge on any atom is 0.194 e. The van der Waals surface area contributed by atoms with Gasteiger partial charge in [-0.3, -0.25) is 0 Å². The molecule has 0 nitrogen and oxygen atoms in total. The minimum absolute atomic E-state index is 0.00268. The highest BCUT2D eigenvalue weighted by molar-refractivity contribution is 5.92. The smallest absolute Gasteiger partial charge is 0.194 e. The highest BCUT2D eigenvalue weighted by Gasteiger charge is 2.22. The fourth-order valence-corrected chi connectivity index (χ4v) is 3.66. The number of fused-ring (bicyclic) bond motifs is 1. The van der Waals surface area contributed by atoms with Crippen molar-refractivity contribution in [1.82, 2.24) is 0 Å². The predicted molar refractivity (Wildman–Crippen MR) is 109 cm³/mol. The number of hydrogen-bond acceptors (Lipinski definition) is 0. The van der Waals surface area contributed by atoms with Gasteiger partial charge < -0.3 is 0 Å². The summed E-state index contributed by atoms with van der Waals surface area (Å²) in [6.07, 6.45) is 1.83. The second-order valence-corrected chi connectivity index (χ2v) is 7.28. The Morgan fingerprint density at radius 3 is 1.84 bits per heavy atom. The van der Waals surface area contributed by atoms with Crippen molar-refractivity contribution >= 4 is 10.8 Å². The maximum absolute atomic E-state index is 15.2. The average Bonchev–Trinajstić information content (AvgIpc) is 2.75. The fourth-order valence-electron chi connectivity index (χ4n) is 3.66. The summed E-state index contributed by atoms with van der Waals surface area (Å²) in [6, 6.07) is 12.1. The van der Waals surface area contributed by atoms with Crippen molar-refractivity contribution < 1.29 is 26.3 Å². The first-order valence-corrected chi connectivity index (χ1v) is 9.66. The van der Waals surface area contributed by atoms with Crippen molar-refractivity contribution in [2.45, 2.75) is 19.8 Å². The standard InChI is InChI=1S/C25H16F6/c1-2-3-13-4-6-14(7-5-13)17-9-8-15-10-18(23(29)25(31)21(15)22(17)28)16-11-19(26)24(30)20(27)12-16/h4-12H,2-3H2,1H3. The molecule has 4 aromatic carbocycles. The van der Waals surface area contributed by atoms with Crippen molar-refractivity contribution in [3.05, 3.63) is 95.1 Å². The largest absolute Gasteiger partial charge is 0.206 e. The number of benzene rings is 4. The van der Waals surface area contributed by atoms with Crippen LogP contribution >= 0.6 is 0 Å². The normalized spacial score (nSPS) is 11.3. The van der Waals surface area contributed by atoms with Crippen LogP contribution in [-0.2, 0) is 6.42 Å². The molecule has 31 heavy (non-hydrogen) atoms. The Morgan fingerprint density at radius 2 is 1.23 bits per heavy atom. The first-order chi connectivity index (χ1) is 14.8. The third-order valence-corrected chi connectivity index (χ3v) is 5.22. The van der Waals surface area contributed by atoms with E-state index in [0.717, 1.165) is 24.5 Å². The van der Waals surface area contributed by atoms with Crippen LogP contribution in [0.25, 0.3) is 33.0 Å². The third-order valence-electron chi connectivity index (χ3n) is 5.22. The molecule has 0 saturated heterocycles. The van der Waals surface area contributed by atoms with E-state index < -0.39 is 51.4 Å². The topological polar surface area (TPSA) is 0 Å². The van der Waals surface area contributed by atoms with Gasteiger partial charge in [0.2, 0.25) is 0 Å². The molecule has 0 aliphatic heterocycles. The molecular formula is C25H16F6. The van der Waals surface area contributed by atoms with Gasteiger partial charge in [0.15, 0.2) is 29.1 Å². The molecule has 0 heterocycles. The van der Waals surface area contributed by atoms with Crippen LogP contribution in [0.4, 0.5) is 26.3 Å². The first kappa shape index (κ1) is 21.0. The van der Waals surface area contributed by atoms with Crippen LogP contribution < -0.4 is 0 Å². The van der Waals surface area contributed by atoms with Crippen LogP contribution in [0.5, 0.6) is 0 Å². The molecule has 0 aliphatic carbocycles. The second-order valence-electron chi connectivity index (χ2n) is 7.28. The Labute approximate surface area is 174 Å². The van der Waals surface area contributed by atoms with Gasteiger partial charge in [0.1, 0.15) is 5.82 Å². The summed E-state index contributed by atoms with van der Waals surface area (Å²) >= 11 is 0. The molecule has 0 unspecified atom stereocenters. The molecule has 0 spiro atoms. The second kappa shape index (κ2) is 8.10. The number of rotatable bonds is 4. The van der Waals surface area contributed by atoms with E-state index in [1.165, 1.54) is 12.1 Å². The monoisotopic (exact) mass is 430 g/mol. The van der Waals surface area contributed by atoms with Gasteiger partial charge in [0.05, 0.1) is 5.39 Å². The lowest BCUT2D eigenvalue weighted by Crippen LogP contribution is -1.98. The Bertz CT molecular complexity index is 1270. The molecule has 0 atom stereocenters. The molecule has 4 rings (SSSR count). The molecule has 4 aromatic rings. The van der Waals surface area contributed by atoms with Gasteiger partial charge in [-0.2, -0.15) is 0 Å². The molecule has 0 aliphatic rings. The summed E-state index contributed by atoms with van der Waals surface area (Å²) in [7, 11) is 0. The van der Waals surface area contributed by atoms with Gasteiger partial charge >= 0.3 is 0 Å². The molecule has 0 bridgehead atoms. The maximum atomic E-state index is 15.2. The van der Waals surface area contributed by atoms with E-state index in [-0.39, 0.29) is 10.9 Å². The van der Waals surface area contributed by atoms with Gasteiger partial charge in [-0.15, -0.1) is 0 Å². The van der Waals surface area contributed by atoms with E-state index in [1.54, 1.807) is 12.1 Å². The Hall–Kier alpha value is -3.28. The van der Waals surface area contributed by atoms with Crippen molar-refractivity contribution in [2.24, 2.45) is 0 Å². The van der Waals surface area contributed by atoms with Gasteiger partial charge in [-0.05, 0) is 46.7 Å². The number of hydrogen-bond donors (Lipinski definition) is 0. The SMILES string of the molecule is CCCc1ccc(-c2ccc3cc(-c4cc(F)c(F)c(F)c4)c(F)c(F)c3c2F)cc1. The Morgan fingerprint density at radius 1 is 0.581 bits per heavy atom. The minimum Gasteiger partial charge on any atom is -0.206 e. The van der Waals surface area contributed by atoms with Crippen LogP contribution in [0, 0.1) is 34.9 Å². The third kappa shape index (κ3) is 3.67. The predicted octanol–water partition coefficient (Wildman–Crippen LogP) is 7.96. The molecule has 6 heteroatoms. The van der Waals surface area contributed by atoms with Gasteiger partial charge in [-0.1, -0.05) is 49.7 Å². The summed E-state index contributed by atoms with van der Waals surface area (Å²) in [4.78, 5) is 0. The number of aryl methyl sites for hydroxylation is 1. The minimum atomic E-state index is -1.72. The highest BCUT2D eigenvalue weighted by atomic mass is 19.2. The highest BCUT2D eigenvalue weighted by Crippen LogP contribution is 2.36. The fraction of sp³-hybridized carbons (Fsp3) is 0.120. The zero-order valence-electron chi connectivity index (χ0n) is 16.4. The van der Waals surface area contributed by atoms with E-state index in [0.29, 0.717) is 17.7 Å². The Balaban J connectivity index is 1.87. The van der Waals surface area contributed by atoms with Crippen molar-refractivity contribution in [2.75, 3.05) is 0 Å². The lowest BCUT2D eigenvalue weighted by molar-refractivity contribution is 0.447. The lowest BCUT2D eigenvalue weighted by Gasteiger charge is -2.12. The molecule has 0 saturated carbocycles. The number of halogens is 6. The van der Waals surface area contributed by atoms with E-state index in [4.69, 9.17) is 0 Å². The van der Waals surface area contributed by atoms with Crippen molar-refractivity contribution in [3.63, 3.8) is 0 Å². The van der Waals surface area contributed by atoms with Gasteiger partial charge in [-0.25, -0.2) is 26.3 Å². The first-order valence-electron chi connectivity index (χ1n) is 9.66. The van der Waals surface area contributed by atoms with Crippen LogP contribution in [0.3, 0.4) is 0 Å². The van der Waals surface area contributed by atoms with Gasteiger partial charge in [0, 0.05) is 11.1 Å². The molecule has 158 valence electrons. The summed E-state index contributed by atoms with van der Waals surface area (Å²) in [5.41, 5.74) is 0.781. The average molecular weight is 430 g/mol. The van der Waals surface area contributed by atoms with Crippen LogP contribution in [-0.4, -0.2) is 0 Å². The van der Waals surface area contributed by atoms with E-state index in [9.17, 15) is 22.0 Å². The molecule has 0 fully saturated rings. The molecule has 0 N–H and O–H groups in total. The zero-order valence-corrected chi connectivity index (χ0v) is 16.4. The van der Waals surface area contributed by atoms with Crippen LogP contribution in [0.15, 0.2) is 54.6 Å². The summed E-state index contributed by atoms with van der Waals surface area (Å²) in [5.74, 6) is -8.70. The quantitative estimate of drug-likeness (QED) is 0.228. The zero-order chi connectivity index (χ0) is 22.3. The van der Waals surface area contributed by atoms with Crippen molar-refractivity contribution in [1.29, 1.82) is 0 Å². The van der Waals surface area contributed by atoms with E-state index in [2.05, 4.69) is 0 Å². The van der Waals surface area contributed by atoms with Crippen LogP contribution in [0.1, 0.15) is 18.9 Å². The summed E-state index contributed by atoms with van der Waals surface area (Å²) in [5, 5.41) is -0.567. The van der Waals surface area contributed by atoms with E-state index in [1.807, 2.05) is 19.1 Å². The van der Waals surface area contributed by atoms with E-state index >= 15 is 4.39 Å². The molecule has 0 amide bonds. The Kier molecular flexibility index (Phi) is 5.48. The van der Waals surface area contributed by atoms with Gasteiger partial charge in [0.25, 0.3) is 0 Å². The molecule has 0 aromatic heterocycles. The van der Waals surface area contributed by atoms with Crippen LogP contribution in [0.2, 0.25) is 0 Å².